The highest BCUT2D eigenvalue weighted by atomic mass is 32.1. The molecule has 5 rings (SSSR count). The number of carbonyl (C=O) groups is 3. The van der Waals surface area contributed by atoms with Crippen molar-refractivity contribution in [3.63, 3.8) is 0 Å². The number of carbonyl (C=O) groups excluding carboxylic acids is 3. The van der Waals surface area contributed by atoms with Gasteiger partial charge in [0.1, 0.15) is 0 Å². The molecule has 0 aliphatic carbocycles. The molecular weight excluding hydrogens is 446 g/mol. The second kappa shape index (κ2) is 9.14. The molecule has 3 aromatic rings. The molecule has 2 fully saturated rings. The van der Waals surface area contributed by atoms with Crippen LogP contribution in [0.2, 0.25) is 0 Å². The van der Waals surface area contributed by atoms with Crippen molar-refractivity contribution >= 4 is 28.9 Å². The summed E-state index contributed by atoms with van der Waals surface area (Å²) >= 11 is 1.49. The van der Waals surface area contributed by atoms with Gasteiger partial charge in [0.15, 0.2) is 5.78 Å². The summed E-state index contributed by atoms with van der Waals surface area (Å²) in [4.78, 5) is 47.6. The van der Waals surface area contributed by atoms with Crippen molar-refractivity contribution in [2.45, 2.75) is 26.2 Å². The smallest absolute Gasteiger partial charge is 0.263 e. The molecule has 7 heteroatoms. The quantitative estimate of drug-likeness (QED) is 0.511. The Kier molecular flexibility index (Phi) is 6.04. The van der Waals surface area contributed by atoms with Crippen LogP contribution in [-0.2, 0) is 0 Å². The first-order valence-corrected chi connectivity index (χ1v) is 12.5. The standard InChI is InChI=1S/C27H27N3O3S/c1-19(31)20-5-7-21(8-6-20)25(32)29-15-11-27(12-16-29)13-17-30(18-27)26(33)24-10-9-23(34-24)22-4-2-3-14-28-22/h2-10,14H,11-13,15-18H2,1H3. The molecule has 2 saturated heterocycles. The summed E-state index contributed by atoms with van der Waals surface area (Å²) in [5, 5.41) is 0. The van der Waals surface area contributed by atoms with Crippen molar-refractivity contribution in [3.8, 4) is 10.6 Å². The second-order valence-corrected chi connectivity index (χ2v) is 10.4. The SMILES string of the molecule is CC(=O)c1ccc(C(=O)N2CCC3(CC2)CCN(C(=O)c2ccc(-c4ccccn4)s2)C3)cc1. The number of likely N-dealkylation sites (tertiary alicyclic amines) is 2. The maximum Gasteiger partial charge on any atom is 0.263 e. The number of Topliss-reactive ketones (excluding diaryl/α,β-unsaturated/α-hetero) is 1. The Bertz CT molecular complexity index is 1210. The number of benzene rings is 1. The molecule has 6 nitrogen and oxygen atoms in total. The molecule has 2 aliphatic heterocycles. The van der Waals surface area contributed by atoms with E-state index in [1.807, 2.05) is 40.1 Å². The number of pyridine rings is 1. The number of thiophene rings is 1. The van der Waals surface area contributed by atoms with E-state index in [0.29, 0.717) is 24.2 Å². The van der Waals surface area contributed by atoms with Gasteiger partial charge in [-0.2, -0.15) is 0 Å². The normalized spacial score (nSPS) is 17.2. The summed E-state index contributed by atoms with van der Waals surface area (Å²) in [7, 11) is 0. The fourth-order valence-electron chi connectivity index (χ4n) is 4.99. The molecule has 0 unspecified atom stereocenters. The molecule has 2 aliphatic rings. The van der Waals surface area contributed by atoms with Gasteiger partial charge in [0, 0.05) is 43.5 Å². The molecule has 0 atom stereocenters. The van der Waals surface area contributed by atoms with E-state index in [-0.39, 0.29) is 23.0 Å². The predicted molar refractivity (Wildman–Crippen MR) is 132 cm³/mol. The fraction of sp³-hybridized carbons (Fsp3) is 0.333. The molecule has 0 saturated carbocycles. The molecule has 1 spiro atoms. The third kappa shape index (κ3) is 4.40. The van der Waals surface area contributed by atoms with Crippen LogP contribution >= 0.6 is 11.3 Å². The minimum atomic E-state index is -0.00486. The minimum absolute atomic E-state index is 0.00486. The van der Waals surface area contributed by atoms with Gasteiger partial charge in [-0.1, -0.05) is 18.2 Å². The molecule has 2 aromatic heterocycles. The molecule has 174 valence electrons. The average Bonchev–Trinajstić information content (AvgIpc) is 3.53. The zero-order valence-corrected chi connectivity index (χ0v) is 20.0. The number of hydrogen-bond acceptors (Lipinski definition) is 5. The van der Waals surface area contributed by atoms with Gasteiger partial charge in [-0.15, -0.1) is 11.3 Å². The van der Waals surface area contributed by atoms with E-state index < -0.39 is 0 Å². The third-order valence-corrected chi connectivity index (χ3v) is 8.21. The number of ketones is 1. The summed E-state index contributed by atoms with van der Waals surface area (Å²) < 4.78 is 0. The first-order valence-electron chi connectivity index (χ1n) is 11.6. The lowest BCUT2D eigenvalue weighted by Gasteiger charge is -2.39. The summed E-state index contributed by atoms with van der Waals surface area (Å²) in [5.41, 5.74) is 2.21. The van der Waals surface area contributed by atoms with Gasteiger partial charge in [-0.25, -0.2) is 0 Å². The fourth-order valence-corrected chi connectivity index (χ4v) is 5.94. The lowest BCUT2D eigenvalue weighted by Crippen LogP contribution is -2.44. The number of hydrogen-bond donors (Lipinski definition) is 0. The highest BCUT2D eigenvalue weighted by Crippen LogP contribution is 2.41. The van der Waals surface area contributed by atoms with Crippen LogP contribution in [0.25, 0.3) is 10.6 Å². The molecule has 2 amide bonds. The van der Waals surface area contributed by atoms with Crippen LogP contribution in [-0.4, -0.2) is 58.6 Å². The van der Waals surface area contributed by atoms with Crippen molar-refractivity contribution < 1.29 is 14.4 Å². The zero-order chi connectivity index (χ0) is 23.7. The van der Waals surface area contributed by atoms with Gasteiger partial charge in [0.05, 0.1) is 15.4 Å². The number of piperidine rings is 1. The lowest BCUT2D eigenvalue weighted by atomic mass is 9.77. The van der Waals surface area contributed by atoms with E-state index in [4.69, 9.17) is 0 Å². The van der Waals surface area contributed by atoms with Crippen LogP contribution < -0.4 is 0 Å². The largest absolute Gasteiger partial charge is 0.339 e. The molecule has 34 heavy (non-hydrogen) atoms. The van der Waals surface area contributed by atoms with Gasteiger partial charge >= 0.3 is 0 Å². The Morgan fingerprint density at radius 1 is 0.824 bits per heavy atom. The molecule has 1 aromatic carbocycles. The van der Waals surface area contributed by atoms with E-state index in [9.17, 15) is 14.4 Å². The predicted octanol–water partition coefficient (Wildman–Crippen LogP) is 4.78. The zero-order valence-electron chi connectivity index (χ0n) is 19.2. The van der Waals surface area contributed by atoms with E-state index in [1.165, 1.54) is 18.3 Å². The maximum absolute atomic E-state index is 13.2. The average molecular weight is 474 g/mol. The molecule has 0 radical (unpaired) electrons. The number of aromatic nitrogens is 1. The van der Waals surface area contributed by atoms with Crippen molar-refractivity contribution in [1.82, 2.24) is 14.8 Å². The second-order valence-electron chi connectivity index (χ2n) is 9.28. The third-order valence-electron chi connectivity index (χ3n) is 7.11. The molecule has 0 bridgehead atoms. The van der Waals surface area contributed by atoms with Crippen LogP contribution in [0.1, 0.15) is 56.6 Å². The number of nitrogens with zero attached hydrogens (tertiary/aromatic N) is 3. The Labute approximate surface area is 203 Å². The molecular formula is C27H27N3O3S. The van der Waals surface area contributed by atoms with Gasteiger partial charge in [0.25, 0.3) is 11.8 Å². The summed E-state index contributed by atoms with van der Waals surface area (Å²) in [6, 6.07) is 16.6. The first-order chi connectivity index (χ1) is 16.4. The summed E-state index contributed by atoms with van der Waals surface area (Å²) in [5.74, 6) is 0.0967. The van der Waals surface area contributed by atoms with Gasteiger partial charge in [0.2, 0.25) is 0 Å². The topological polar surface area (TPSA) is 70.6 Å². The number of rotatable bonds is 4. The van der Waals surface area contributed by atoms with Crippen LogP contribution in [0, 0.1) is 5.41 Å². The highest BCUT2D eigenvalue weighted by Gasteiger charge is 2.43. The maximum atomic E-state index is 13.2. The van der Waals surface area contributed by atoms with Crippen LogP contribution in [0.15, 0.2) is 60.8 Å². The Hall–Kier alpha value is -3.32. The summed E-state index contributed by atoms with van der Waals surface area (Å²) in [6.07, 6.45) is 4.54. The van der Waals surface area contributed by atoms with Gasteiger partial charge in [-0.05, 0) is 68.0 Å². The lowest BCUT2D eigenvalue weighted by molar-refractivity contribution is 0.0566. The summed E-state index contributed by atoms with van der Waals surface area (Å²) in [6.45, 7) is 4.42. The van der Waals surface area contributed by atoms with Crippen molar-refractivity contribution in [1.29, 1.82) is 0 Å². The minimum Gasteiger partial charge on any atom is -0.339 e. The number of amides is 2. The van der Waals surface area contributed by atoms with E-state index >= 15 is 0 Å². The monoisotopic (exact) mass is 473 g/mol. The van der Waals surface area contributed by atoms with Gasteiger partial charge in [-0.3, -0.25) is 19.4 Å². The van der Waals surface area contributed by atoms with Crippen LogP contribution in [0.4, 0.5) is 0 Å². The van der Waals surface area contributed by atoms with Crippen LogP contribution in [0.3, 0.4) is 0 Å². The van der Waals surface area contributed by atoms with E-state index in [1.54, 1.807) is 30.5 Å². The van der Waals surface area contributed by atoms with Crippen LogP contribution in [0.5, 0.6) is 0 Å². The van der Waals surface area contributed by atoms with Crippen molar-refractivity contribution in [3.05, 3.63) is 76.8 Å². The highest BCUT2D eigenvalue weighted by molar-refractivity contribution is 7.17. The molecule has 4 heterocycles. The Balaban J connectivity index is 1.19. The first kappa shape index (κ1) is 22.5. The molecule has 0 N–H and O–H groups in total. The van der Waals surface area contributed by atoms with Crippen molar-refractivity contribution in [2.24, 2.45) is 5.41 Å². The van der Waals surface area contributed by atoms with E-state index in [0.717, 1.165) is 47.8 Å². The Morgan fingerprint density at radius 2 is 1.50 bits per heavy atom. The Morgan fingerprint density at radius 3 is 2.15 bits per heavy atom. The van der Waals surface area contributed by atoms with Crippen molar-refractivity contribution in [2.75, 3.05) is 26.2 Å². The van der Waals surface area contributed by atoms with E-state index in [2.05, 4.69) is 4.98 Å². The van der Waals surface area contributed by atoms with Gasteiger partial charge < -0.3 is 9.80 Å².